The molecule has 134 valence electrons. The van der Waals surface area contributed by atoms with Crippen LogP contribution < -0.4 is 11.2 Å². The SMILES string of the molecule is O=c1cc(O)c2c(=O)n3c(cc2o1)C1(CCCCC1)C1C=C(Br)C=CC13. The Balaban J connectivity index is 1.89. The Kier molecular flexibility index (Phi) is 3.38. The fourth-order valence-corrected chi connectivity index (χ4v) is 5.67. The molecule has 2 aliphatic carbocycles. The van der Waals surface area contributed by atoms with Gasteiger partial charge in [0.1, 0.15) is 16.7 Å². The van der Waals surface area contributed by atoms with Gasteiger partial charge in [0, 0.05) is 27.6 Å². The normalized spacial score (nSPS) is 26.0. The van der Waals surface area contributed by atoms with Gasteiger partial charge >= 0.3 is 5.63 Å². The number of pyridine rings is 1. The highest BCUT2D eigenvalue weighted by molar-refractivity contribution is 9.11. The third-order valence-corrected chi connectivity index (χ3v) is 6.81. The van der Waals surface area contributed by atoms with Gasteiger partial charge in [-0.25, -0.2) is 4.79 Å². The van der Waals surface area contributed by atoms with E-state index in [0.29, 0.717) is 0 Å². The highest BCUT2D eigenvalue weighted by Crippen LogP contribution is 2.56. The molecule has 0 amide bonds. The van der Waals surface area contributed by atoms with Crippen molar-refractivity contribution in [3.8, 4) is 5.75 Å². The molecule has 1 spiro atoms. The van der Waals surface area contributed by atoms with Crippen molar-refractivity contribution in [1.82, 2.24) is 4.57 Å². The predicted molar refractivity (Wildman–Crippen MR) is 102 cm³/mol. The molecule has 0 aromatic carbocycles. The van der Waals surface area contributed by atoms with E-state index in [0.717, 1.165) is 41.9 Å². The van der Waals surface area contributed by atoms with Crippen molar-refractivity contribution < 1.29 is 9.52 Å². The molecule has 0 radical (unpaired) electrons. The van der Waals surface area contributed by atoms with Crippen molar-refractivity contribution in [3.63, 3.8) is 0 Å². The molecule has 1 saturated carbocycles. The molecule has 2 aromatic rings. The maximum atomic E-state index is 13.3. The zero-order valence-corrected chi connectivity index (χ0v) is 15.7. The monoisotopic (exact) mass is 415 g/mol. The van der Waals surface area contributed by atoms with Gasteiger partial charge < -0.3 is 14.1 Å². The Hall–Kier alpha value is -2.08. The van der Waals surface area contributed by atoms with Crippen molar-refractivity contribution in [2.45, 2.75) is 43.6 Å². The lowest BCUT2D eigenvalue weighted by Gasteiger charge is -2.39. The minimum absolute atomic E-state index is 0.0763. The molecule has 6 heteroatoms. The first-order valence-electron chi connectivity index (χ1n) is 9.00. The minimum Gasteiger partial charge on any atom is -0.507 e. The van der Waals surface area contributed by atoms with E-state index in [2.05, 4.69) is 28.1 Å². The lowest BCUT2D eigenvalue weighted by atomic mass is 9.63. The van der Waals surface area contributed by atoms with Crippen LogP contribution in [0.15, 0.2) is 48.8 Å². The molecule has 3 aliphatic rings. The summed E-state index contributed by atoms with van der Waals surface area (Å²) >= 11 is 3.59. The van der Waals surface area contributed by atoms with Crippen molar-refractivity contribution in [2.75, 3.05) is 0 Å². The Labute approximate surface area is 157 Å². The van der Waals surface area contributed by atoms with Gasteiger partial charge in [0.25, 0.3) is 5.56 Å². The van der Waals surface area contributed by atoms with Crippen molar-refractivity contribution in [3.05, 3.63) is 61.3 Å². The van der Waals surface area contributed by atoms with Crippen LogP contribution in [0.3, 0.4) is 0 Å². The molecule has 3 heterocycles. The summed E-state index contributed by atoms with van der Waals surface area (Å²) in [6.07, 6.45) is 11.7. The molecule has 5 nitrogen and oxygen atoms in total. The van der Waals surface area contributed by atoms with E-state index in [1.165, 1.54) is 6.42 Å². The topological polar surface area (TPSA) is 72.4 Å². The number of nitrogens with zero attached hydrogens (tertiary/aromatic N) is 1. The molecule has 5 rings (SSSR count). The number of aromatic nitrogens is 1. The van der Waals surface area contributed by atoms with Crippen molar-refractivity contribution >= 4 is 26.9 Å². The zero-order chi connectivity index (χ0) is 18.1. The number of aromatic hydroxyl groups is 1. The third-order valence-electron chi connectivity index (χ3n) is 6.28. The summed E-state index contributed by atoms with van der Waals surface area (Å²) in [5, 5.41) is 10.3. The summed E-state index contributed by atoms with van der Waals surface area (Å²) in [7, 11) is 0. The molecular formula is C20H18BrNO4. The molecule has 2 unspecified atom stereocenters. The average molecular weight is 416 g/mol. The standard InChI is InChI=1S/C20H18BrNO4/c21-11-4-5-13-12(8-11)20(6-2-1-3-7-20)16-10-15-18(19(25)22(13)16)14(23)9-17(24)26-15/h4-5,8-10,12-13,23H,1-3,6-7H2. The molecular weight excluding hydrogens is 398 g/mol. The van der Waals surface area contributed by atoms with Gasteiger partial charge in [-0.2, -0.15) is 0 Å². The quantitative estimate of drug-likeness (QED) is 0.708. The maximum Gasteiger partial charge on any atom is 0.339 e. The molecule has 26 heavy (non-hydrogen) atoms. The molecule has 1 aliphatic heterocycles. The molecule has 1 fully saturated rings. The summed E-state index contributed by atoms with van der Waals surface area (Å²) in [4.78, 5) is 25.0. The predicted octanol–water partition coefficient (Wildman–Crippen LogP) is 3.88. The van der Waals surface area contributed by atoms with Crippen LogP contribution in [0.25, 0.3) is 11.0 Å². The summed E-state index contributed by atoms with van der Waals surface area (Å²) in [6.45, 7) is 0. The Morgan fingerprint density at radius 1 is 1.19 bits per heavy atom. The molecule has 2 aromatic heterocycles. The molecule has 1 N–H and O–H groups in total. The third kappa shape index (κ3) is 2.02. The number of allylic oxidation sites excluding steroid dienone is 4. The second-order valence-corrected chi connectivity index (χ2v) is 8.45. The summed E-state index contributed by atoms with van der Waals surface area (Å²) in [6, 6.07) is 2.71. The Morgan fingerprint density at radius 2 is 1.96 bits per heavy atom. The number of fused-ring (bicyclic) bond motifs is 6. The molecule has 0 saturated heterocycles. The van der Waals surface area contributed by atoms with Crippen LogP contribution in [0.5, 0.6) is 5.75 Å². The van der Waals surface area contributed by atoms with E-state index in [9.17, 15) is 14.7 Å². The van der Waals surface area contributed by atoms with E-state index in [1.54, 1.807) is 0 Å². The number of hydrogen-bond acceptors (Lipinski definition) is 4. The van der Waals surface area contributed by atoms with E-state index < -0.39 is 5.63 Å². The Bertz CT molecular complexity index is 1100. The van der Waals surface area contributed by atoms with Crippen molar-refractivity contribution in [1.29, 1.82) is 0 Å². The number of halogens is 1. The van der Waals surface area contributed by atoms with E-state index in [1.807, 2.05) is 16.7 Å². The summed E-state index contributed by atoms with van der Waals surface area (Å²) in [5.74, 6) is -0.130. The van der Waals surface area contributed by atoms with Gasteiger partial charge in [0.15, 0.2) is 0 Å². The van der Waals surface area contributed by atoms with Crippen LogP contribution in [-0.2, 0) is 5.41 Å². The van der Waals surface area contributed by atoms with Gasteiger partial charge in [0.2, 0.25) is 0 Å². The minimum atomic E-state index is -0.644. The zero-order valence-electron chi connectivity index (χ0n) is 14.1. The second kappa shape index (κ2) is 5.46. The van der Waals surface area contributed by atoms with Gasteiger partial charge in [-0.15, -0.1) is 0 Å². The Morgan fingerprint density at radius 3 is 2.73 bits per heavy atom. The number of hydrogen-bond donors (Lipinski definition) is 1. The maximum absolute atomic E-state index is 13.3. The summed E-state index contributed by atoms with van der Waals surface area (Å²) < 4.78 is 8.13. The number of rotatable bonds is 0. The first-order chi connectivity index (χ1) is 12.5. The van der Waals surface area contributed by atoms with E-state index >= 15 is 0 Å². The van der Waals surface area contributed by atoms with Gasteiger partial charge in [-0.05, 0) is 12.8 Å². The van der Waals surface area contributed by atoms with E-state index in [4.69, 9.17) is 4.42 Å². The molecule has 0 bridgehead atoms. The van der Waals surface area contributed by atoms with Crippen molar-refractivity contribution in [2.24, 2.45) is 5.92 Å². The van der Waals surface area contributed by atoms with Crippen LogP contribution in [0, 0.1) is 5.92 Å². The van der Waals surface area contributed by atoms with Crippen LogP contribution in [0.2, 0.25) is 0 Å². The van der Waals surface area contributed by atoms with Crippen LogP contribution in [-0.4, -0.2) is 9.67 Å². The largest absolute Gasteiger partial charge is 0.507 e. The fraction of sp³-hybridized carbons (Fsp3) is 0.400. The summed E-state index contributed by atoms with van der Waals surface area (Å²) in [5.41, 5.74) is 0.0510. The van der Waals surface area contributed by atoms with Gasteiger partial charge in [-0.3, -0.25) is 4.79 Å². The smallest absolute Gasteiger partial charge is 0.339 e. The highest BCUT2D eigenvalue weighted by atomic mass is 79.9. The van der Waals surface area contributed by atoms with Crippen LogP contribution in [0.1, 0.15) is 43.8 Å². The fourth-order valence-electron chi connectivity index (χ4n) is 5.23. The first-order valence-corrected chi connectivity index (χ1v) is 9.79. The first kappa shape index (κ1) is 16.1. The lowest BCUT2D eigenvalue weighted by Crippen LogP contribution is -2.34. The average Bonchev–Trinajstić information content (AvgIpc) is 2.85. The van der Waals surface area contributed by atoms with Crippen LogP contribution >= 0.6 is 15.9 Å². The molecule has 2 atom stereocenters. The van der Waals surface area contributed by atoms with Gasteiger partial charge in [0.05, 0.1) is 12.1 Å². The van der Waals surface area contributed by atoms with Crippen LogP contribution in [0.4, 0.5) is 0 Å². The van der Waals surface area contributed by atoms with Gasteiger partial charge in [-0.1, -0.05) is 53.4 Å². The second-order valence-electron chi connectivity index (χ2n) is 7.54. The highest BCUT2D eigenvalue weighted by Gasteiger charge is 2.52. The van der Waals surface area contributed by atoms with E-state index in [-0.39, 0.29) is 39.7 Å². The lowest BCUT2D eigenvalue weighted by molar-refractivity contribution is 0.231.